The van der Waals surface area contributed by atoms with E-state index in [9.17, 15) is 0 Å². The van der Waals surface area contributed by atoms with Crippen LogP contribution < -0.4 is 5.32 Å². The van der Waals surface area contributed by atoms with E-state index in [0.717, 1.165) is 12.2 Å². The van der Waals surface area contributed by atoms with Crippen molar-refractivity contribution in [2.45, 2.75) is 32.2 Å². The minimum atomic E-state index is -0.466. The van der Waals surface area contributed by atoms with Gasteiger partial charge >= 0.3 is 0 Å². The summed E-state index contributed by atoms with van der Waals surface area (Å²) < 4.78 is 13.2. The van der Waals surface area contributed by atoms with Crippen molar-refractivity contribution in [1.82, 2.24) is 9.78 Å². The quantitative estimate of drug-likeness (QED) is 0.938. The molecule has 1 N–H and O–H groups in total. The Kier molecular flexibility index (Phi) is 3.94. The first-order valence-electron chi connectivity index (χ1n) is 7.21. The predicted octanol–water partition coefficient (Wildman–Crippen LogP) is 2.49. The molecule has 0 saturated carbocycles. The van der Waals surface area contributed by atoms with Gasteiger partial charge in [-0.25, -0.2) is 0 Å². The van der Waals surface area contributed by atoms with Crippen molar-refractivity contribution in [1.29, 1.82) is 0 Å². The Hall–Kier alpha value is -1.85. The number of anilines is 1. The highest BCUT2D eigenvalue weighted by atomic mass is 16.7. The fourth-order valence-electron chi connectivity index (χ4n) is 2.30. The Morgan fingerprint density at radius 2 is 1.95 bits per heavy atom. The van der Waals surface area contributed by atoms with Crippen LogP contribution in [0, 0.1) is 0 Å². The number of nitrogens with one attached hydrogen (secondary N) is 1. The molecule has 5 heteroatoms. The summed E-state index contributed by atoms with van der Waals surface area (Å²) in [6, 6.07) is 10.5. The molecular weight excluding hydrogens is 266 g/mol. The van der Waals surface area contributed by atoms with E-state index in [1.165, 1.54) is 5.56 Å². The lowest BCUT2D eigenvalue weighted by atomic mass is 10.2. The Morgan fingerprint density at radius 3 is 2.57 bits per heavy atom. The molecule has 0 aliphatic carbocycles. The lowest BCUT2D eigenvalue weighted by Crippen LogP contribution is -2.45. The second-order valence-corrected chi connectivity index (χ2v) is 5.76. The monoisotopic (exact) mass is 287 g/mol. The van der Waals surface area contributed by atoms with Crippen LogP contribution in [-0.4, -0.2) is 34.8 Å². The van der Waals surface area contributed by atoms with Crippen LogP contribution in [0.2, 0.25) is 0 Å². The third kappa shape index (κ3) is 3.83. The van der Waals surface area contributed by atoms with Crippen LogP contribution in [0.15, 0.2) is 42.7 Å². The molecule has 1 saturated heterocycles. The molecule has 1 aromatic carbocycles. The summed E-state index contributed by atoms with van der Waals surface area (Å²) in [6.45, 7) is 5.97. The minimum absolute atomic E-state index is 0.190. The average molecular weight is 287 g/mol. The van der Waals surface area contributed by atoms with E-state index in [-0.39, 0.29) is 6.04 Å². The molecule has 0 bridgehead atoms. The Labute approximate surface area is 124 Å². The second-order valence-electron chi connectivity index (χ2n) is 5.76. The molecule has 1 aliphatic rings. The van der Waals surface area contributed by atoms with E-state index in [2.05, 4.69) is 34.7 Å². The van der Waals surface area contributed by atoms with E-state index in [1.807, 2.05) is 30.8 Å². The highest BCUT2D eigenvalue weighted by Gasteiger charge is 2.28. The van der Waals surface area contributed by atoms with Gasteiger partial charge in [0.25, 0.3) is 0 Å². The van der Waals surface area contributed by atoms with Gasteiger partial charge < -0.3 is 14.8 Å². The maximum Gasteiger partial charge on any atom is 0.162 e. The molecule has 0 spiro atoms. The summed E-state index contributed by atoms with van der Waals surface area (Å²) >= 11 is 0. The second kappa shape index (κ2) is 5.87. The lowest BCUT2D eigenvalue weighted by molar-refractivity contribution is -0.247. The van der Waals surface area contributed by atoms with Crippen LogP contribution in [0.1, 0.15) is 19.4 Å². The fraction of sp³-hybridized carbons (Fsp3) is 0.438. The van der Waals surface area contributed by atoms with Crippen molar-refractivity contribution in [3.63, 3.8) is 0 Å². The van der Waals surface area contributed by atoms with E-state index in [4.69, 9.17) is 9.47 Å². The summed E-state index contributed by atoms with van der Waals surface area (Å²) in [6.07, 6.45) is 3.76. The van der Waals surface area contributed by atoms with Crippen LogP contribution in [0.4, 0.5) is 5.69 Å². The number of nitrogens with zero attached hydrogens (tertiary/aromatic N) is 2. The van der Waals surface area contributed by atoms with E-state index in [1.54, 1.807) is 6.20 Å². The summed E-state index contributed by atoms with van der Waals surface area (Å²) in [5, 5.41) is 7.64. The van der Waals surface area contributed by atoms with Crippen molar-refractivity contribution in [2.24, 2.45) is 0 Å². The van der Waals surface area contributed by atoms with Crippen LogP contribution in [0.5, 0.6) is 0 Å². The van der Waals surface area contributed by atoms with Gasteiger partial charge in [0.1, 0.15) is 0 Å². The van der Waals surface area contributed by atoms with Crippen molar-refractivity contribution >= 4 is 5.69 Å². The summed E-state index contributed by atoms with van der Waals surface area (Å²) in [5.41, 5.74) is 2.30. The van der Waals surface area contributed by atoms with Crippen LogP contribution in [0.25, 0.3) is 0 Å². The summed E-state index contributed by atoms with van der Waals surface area (Å²) in [5.74, 6) is -0.466. The normalized spacial score (nSPS) is 18.6. The maximum atomic E-state index is 5.65. The number of hydrogen-bond donors (Lipinski definition) is 1. The van der Waals surface area contributed by atoms with Gasteiger partial charge in [0.05, 0.1) is 25.8 Å². The maximum absolute atomic E-state index is 5.65. The van der Waals surface area contributed by atoms with Gasteiger partial charge in [-0.2, -0.15) is 5.10 Å². The lowest BCUT2D eigenvalue weighted by Gasteiger charge is -2.35. The number of aromatic nitrogens is 2. The minimum Gasteiger partial charge on any atom is -0.378 e. The Morgan fingerprint density at radius 1 is 1.24 bits per heavy atom. The molecule has 112 valence electrons. The molecule has 5 nitrogen and oxygen atoms in total. The van der Waals surface area contributed by atoms with Gasteiger partial charge in [0.2, 0.25) is 0 Å². The zero-order chi connectivity index (χ0) is 14.7. The van der Waals surface area contributed by atoms with E-state index < -0.39 is 5.79 Å². The van der Waals surface area contributed by atoms with Crippen molar-refractivity contribution in [3.8, 4) is 0 Å². The molecule has 0 amide bonds. The highest BCUT2D eigenvalue weighted by Crippen LogP contribution is 2.20. The zero-order valence-corrected chi connectivity index (χ0v) is 12.5. The topological polar surface area (TPSA) is 48.3 Å². The van der Waals surface area contributed by atoms with Gasteiger partial charge in [0.15, 0.2) is 5.79 Å². The van der Waals surface area contributed by atoms with Crippen molar-refractivity contribution < 1.29 is 9.47 Å². The molecule has 0 unspecified atom stereocenters. The number of benzene rings is 1. The van der Waals surface area contributed by atoms with Crippen LogP contribution in [-0.2, 0) is 16.0 Å². The standard InChI is InChI=1S/C16H21N3O2/c1-16(2)20-11-15(12-21-16)18-14-6-4-13(5-7-14)10-19-9-3-8-17-19/h3-9,15,18H,10-12H2,1-2H3. The zero-order valence-electron chi connectivity index (χ0n) is 12.5. The number of hydrogen-bond acceptors (Lipinski definition) is 4. The first-order chi connectivity index (χ1) is 10.1. The first kappa shape index (κ1) is 14.1. The first-order valence-corrected chi connectivity index (χ1v) is 7.21. The molecule has 0 radical (unpaired) electrons. The summed E-state index contributed by atoms with van der Waals surface area (Å²) in [4.78, 5) is 0. The molecule has 1 aromatic heterocycles. The van der Waals surface area contributed by atoms with Gasteiger partial charge in [-0.15, -0.1) is 0 Å². The number of ether oxygens (including phenoxy) is 2. The SMILES string of the molecule is CC1(C)OCC(Nc2ccc(Cn3cccn3)cc2)CO1. The van der Waals surface area contributed by atoms with E-state index in [0.29, 0.717) is 13.2 Å². The predicted molar refractivity (Wildman–Crippen MR) is 81.2 cm³/mol. The highest BCUT2D eigenvalue weighted by molar-refractivity contribution is 5.45. The molecule has 3 rings (SSSR count). The largest absolute Gasteiger partial charge is 0.378 e. The van der Waals surface area contributed by atoms with Crippen molar-refractivity contribution in [3.05, 3.63) is 48.3 Å². The van der Waals surface area contributed by atoms with E-state index >= 15 is 0 Å². The number of rotatable bonds is 4. The van der Waals surface area contributed by atoms with Gasteiger partial charge in [-0.3, -0.25) is 4.68 Å². The van der Waals surface area contributed by atoms with Crippen LogP contribution >= 0.6 is 0 Å². The molecule has 1 aliphatic heterocycles. The molecule has 2 aromatic rings. The fourth-order valence-corrected chi connectivity index (χ4v) is 2.30. The molecule has 0 atom stereocenters. The Bertz CT molecular complexity index is 554. The third-order valence-electron chi connectivity index (χ3n) is 3.49. The molecule has 21 heavy (non-hydrogen) atoms. The molecular formula is C16H21N3O2. The smallest absolute Gasteiger partial charge is 0.162 e. The van der Waals surface area contributed by atoms with Gasteiger partial charge in [-0.1, -0.05) is 12.1 Å². The van der Waals surface area contributed by atoms with Gasteiger partial charge in [0, 0.05) is 18.1 Å². The van der Waals surface area contributed by atoms with Crippen molar-refractivity contribution in [2.75, 3.05) is 18.5 Å². The Balaban J connectivity index is 1.55. The molecule has 2 heterocycles. The van der Waals surface area contributed by atoms with Crippen LogP contribution in [0.3, 0.4) is 0 Å². The van der Waals surface area contributed by atoms with Gasteiger partial charge in [-0.05, 0) is 37.6 Å². The molecule has 1 fully saturated rings. The third-order valence-corrected chi connectivity index (χ3v) is 3.49. The average Bonchev–Trinajstić information content (AvgIpc) is 2.96. The summed E-state index contributed by atoms with van der Waals surface area (Å²) in [7, 11) is 0.